The first-order valence-corrected chi connectivity index (χ1v) is 6.31. The van der Waals surface area contributed by atoms with E-state index < -0.39 is 0 Å². The van der Waals surface area contributed by atoms with Gasteiger partial charge in [0.25, 0.3) is 0 Å². The second-order valence-electron chi connectivity index (χ2n) is 5.40. The summed E-state index contributed by atoms with van der Waals surface area (Å²) in [6.07, 6.45) is 0. The average molecular weight is 281 g/mol. The Balaban J connectivity index is 2.70. The van der Waals surface area contributed by atoms with Crippen molar-refractivity contribution >= 4 is 17.4 Å². The summed E-state index contributed by atoms with van der Waals surface area (Å²) in [5, 5.41) is 4.32. The van der Waals surface area contributed by atoms with Crippen molar-refractivity contribution < 1.29 is 9.26 Å². The molecule has 2 N–H and O–H groups in total. The number of hydrogen-bond acceptors (Lipinski definition) is 4. The van der Waals surface area contributed by atoms with Crippen LogP contribution < -0.4 is 10.5 Å². The quantitative estimate of drug-likeness (QED) is 0.907. The summed E-state index contributed by atoms with van der Waals surface area (Å²) >= 11 is 6.19. The molecule has 0 radical (unpaired) electrons. The molecule has 0 spiro atoms. The van der Waals surface area contributed by atoms with Gasteiger partial charge in [0.2, 0.25) is 0 Å². The predicted molar refractivity (Wildman–Crippen MR) is 76.6 cm³/mol. The third kappa shape index (κ3) is 2.68. The van der Waals surface area contributed by atoms with E-state index in [1.807, 2.05) is 6.07 Å². The molecule has 19 heavy (non-hydrogen) atoms. The summed E-state index contributed by atoms with van der Waals surface area (Å²) in [5.74, 6) is 1.60. The summed E-state index contributed by atoms with van der Waals surface area (Å²) < 4.78 is 10.7. The molecule has 102 valence electrons. The molecule has 0 unspecified atom stereocenters. The van der Waals surface area contributed by atoms with Crippen molar-refractivity contribution in [2.45, 2.75) is 26.2 Å². The van der Waals surface area contributed by atoms with E-state index in [1.165, 1.54) is 0 Å². The highest BCUT2D eigenvalue weighted by atomic mass is 35.5. The summed E-state index contributed by atoms with van der Waals surface area (Å²) in [5.41, 5.74) is 7.25. The predicted octanol–water partition coefficient (Wildman–Crippen LogP) is 3.88. The third-order valence-corrected chi connectivity index (χ3v) is 3.08. The number of aromatic nitrogens is 1. The van der Waals surface area contributed by atoms with E-state index in [0.29, 0.717) is 16.6 Å². The highest BCUT2D eigenvalue weighted by molar-refractivity contribution is 6.31. The maximum atomic E-state index is 6.19. The molecule has 0 amide bonds. The van der Waals surface area contributed by atoms with Crippen molar-refractivity contribution in [1.82, 2.24) is 5.16 Å². The van der Waals surface area contributed by atoms with E-state index in [9.17, 15) is 0 Å². The van der Waals surface area contributed by atoms with Gasteiger partial charge in [-0.1, -0.05) is 37.5 Å². The molecular weight excluding hydrogens is 264 g/mol. The molecule has 0 aliphatic rings. The monoisotopic (exact) mass is 280 g/mol. The SMILES string of the molecule is COc1c(-c2cc(N)no2)cc(Cl)cc1C(C)(C)C. The van der Waals surface area contributed by atoms with Gasteiger partial charge in [-0.25, -0.2) is 0 Å². The lowest BCUT2D eigenvalue weighted by Crippen LogP contribution is -2.13. The van der Waals surface area contributed by atoms with Crippen LogP contribution in [0, 0.1) is 0 Å². The summed E-state index contributed by atoms with van der Waals surface area (Å²) in [6.45, 7) is 6.29. The Labute approximate surface area is 117 Å². The normalized spacial score (nSPS) is 11.6. The third-order valence-electron chi connectivity index (χ3n) is 2.86. The van der Waals surface area contributed by atoms with Crippen LogP contribution in [-0.2, 0) is 5.41 Å². The average Bonchev–Trinajstić information content (AvgIpc) is 2.73. The Kier molecular flexibility index (Phi) is 3.45. The molecule has 4 nitrogen and oxygen atoms in total. The van der Waals surface area contributed by atoms with Gasteiger partial charge in [0.1, 0.15) is 5.75 Å². The highest BCUT2D eigenvalue weighted by Crippen LogP contribution is 2.41. The van der Waals surface area contributed by atoms with Crippen molar-refractivity contribution in [3.8, 4) is 17.1 Å². The maximum Gasteiger partial charge on any atom is 0.172 e. The second-order valence-corrected chi connectivity index (χ2v) is 5.84. The number of benzene rings is 1. The second kappa shape index (κ2) is 4.78. The maximum absolute atomic E-state index is 6.19. The molecule has 0 bridgehead atoms. The van der Waals surface area contributed by atoms with Crippen molar-refractivity contribution in [3.63, 3.8) is 0 Å². The van der Waals surface area contributed by atoms with Crippen LogP contribution in [0.15, 0.2) is 22.7 Å². The van der Waals surface area contributed by atoms with E-state index in [4.69, 9.17) is 26.6 Å². The van der Waals surface area contributed by atoms with Gasteiger partial charge in [0.15, 0.2) is 11.6 Å². The number of anilines is 1. The number of rotatable bonds is 2. The minimum Gasteiger partial charge on any atom is -0.496 e. The largest absolute Gasteiger partial charge is 0.496 e. The van der Waals surface area contributed by atoms with Crippen LogP contribution in [0.5, 0.6) is 5.75 Å². The van der Waals surface area contributed by atoms with Gasteiger partial charge < -0.3 is 15.0 Å². The lowest BCUT2D eigenvalue weighted by Gasteiger charge is -2.23. The number of halogens is 1. The van der Waals surface area contributed by atoms with Crippen molar-refractivity contribution in [2.24, 2.45) is 0 Å². The lowest BCUT2D eigenvalue weighted by molar-refractivity contribution is 0.393. The molecule has 0 saturated carbocycles. The Morgan fingerprint density at radius 3 is 2.42 bits per heavy atom. The number of ether oxygens (including phenoxy) is 1. The Hall–Kier alpha value is -1.68. The molecular formula is C14H17ClN2O2. The molecule has 0 atom stereocenters. The number of nitrogens with zero attached hydrogens (tertiary/aromatic N) is 1. The summed E-state index contributed by atoms with van der Waals surface area (Å²) in [6, 6.07) is 5.35. The molecule has 0 aliphatic heterocycles. The lowest BCUT2D eigenvalue weighted by atomic mass is 9.85. The first-order valence-electron chi connectivity index (χ1n) is 5.93. The zero-order valence-corrected chi connectivity index (χ0v) is 12.2. The van der Waals surface area contributed by atoms with Crippen LogP contribution in [0.3, 0.4) is 0 Å². The van der Waals surface area contributed by atoms with E-state index in [1.54, 1.807) is 19.2 Å². The zero-order valence-electron chi connectivity index (χ0n) is 11.5. The van der Waals surface area contributed by atoms with E-state index in [-0.39, 0.29) is 5.41 Å². The van der Waals surface area contributed by atoms with Gasteiger partial charge >= 0.3 is 0 Å². The number of nitrogens with two attached hydrogens (primary N) is 1. The van der Waals surface area contributed by atoms with Gasteiger partial charge in [0, 0.05) is 16.7 Å². The first kappa shape index (κ1) is 13.7. The van der Waals surface area contributed by atoms with Crippen LogP contribution in [0.4, 0.5) is 5.82 Å². The standard InChI is InChI=1S/C14H17ClN2O2/c1-14(2,3)10-6-8(15)5-9(13(10)18-4)11-7-12(16)17-19-11/h5-7H,1-4H3,(H2,16,17). The number of nitrogen functional groups attached to an aromatic ring is 1. The van der Waals surface area contributed by atoms with Crippen molar-refractivity contribution in [1.29, 1.82) is 0 Å². The van der Waals surface area contributed by atoms with E-state index in [2.05, 4.69) is 25.9 Å². The molecule has 0 fully saturated rings. The first-order chi connectivity index (χ1) is 8.82. The van der Waals surface area contributed by atoms with Crippen molar-refractivity contribution in [2.75, 3.05) is 12.8 Å². The molecule has 1 heterocycles. The number of hydrogen-bond donors (Lipinski definition) is 1. The van der Waals surface area contributed by atoms with Crippen LogP contribution >= 0.6 is 11.6 Å². The van der Waals surface area contributed by atoms with Crippen LogP contribution in [0.2, 0.25) is 5.02 Å². The Bertz CT molecular complexity index is 600. The fourth-order valence-corrected chi connectivity index (χ4v) is 2.19. The Morgan fingerprint density at radius 1 is 1.26 bits per heavy atom. The molecule has 0 saturated heterocycles. The van der Waals surface area contributed by atoms with Gasteiger partial charge in [-0.3, -0.25) is 0 Å². The number of methoxy groups -OCH3 is 1. The van der Waals surface area contributed by atoms with Gasteiger partial charge in [-0.15, -0.1) is 0 Å². The fourth-order valence-electron chi connectivity index (χ4n) is 1.97. The van der Waals surface area contributed by atoms with E-state index in [0.717, 1.165) is 16.9 Å². The highest BCUT2D eigenvalue weighted by Gasteiger charge is 2.24. The molecule has 2 aromatic rings. The van der Waals surface area contributed by atoms with Crippen LogP contribution in [0.1, 0.15) is 26.3 Å². The summed E-state index contributed by atoms with van der Waals surface area (Å²) in [4.78, 5) is 0. The van der Waals surface area contributed by atoms with Gasteiger partial charge in [0.05, 0.1) is 12.7 Å². The minimum absolute atomic E-state index is 0.101. The topological polar surface area (TPSA) is 61.3 Å². The fraction of sp³-hybridized carbons (Fsp3) is 0.357. The Morgan fingerprint density at radius 2 is 1.95 bits per heavy atom. The molecule has 2 rings (SSSR count). The van der Waals surface area contributed by atoms with Crippen LogP contribution in [0.25, 0.3) is 11.3 Å². The van der Waals surface area contributed by atoms with Crippen molar-refractivity contribution in [3.05, 3.63) is 28.8 Å². The van der Waals surface area contributed by atoms with E-state index >= 15 is 0 Å². The molecule has 5 heteroatoms. The van der Waals surface area contributed by atoms with Crippen LogP contribution in [-0.4, -0.2) is 12.3 Å². The zero-order chi connectivity index (χ0) is 14.2. The summed E-state index contributed by atoms with van der Waals surface area (Å²) in [7, 11) is 1.63. The molecule has 0 aliphatic carbocycles. The van der Waals surface area contributed by atoms with Gasteiger partial charge in [-0.05, 0) is 17.5 Å². The minimum atomic E-state index is -0.101. The van der Waals surface area contributed by atoms with Gasteiger partial charge in [-0.2, -0.15) is 0 Å². The molecule has 1 aromatic carbocycles. The smallest absolute Gasteiger partial charge is 0.172 e. The molecule has 1 aromatic heterocycles.